The van der Waals surface area contributed by atoms with Crippen LogP contribution in [-0.2, 0) is 0 Å². The summed E-state index contributed by atoms with van der Waals surface area (Å²) in [6, 6.07) is 8.62. The SMILES string of the molecule is Nc1cn(C2CCCCCC2)nc1-c1ccccc1Br. The Labute approximate surface area is 128 Å². The van der Waals surface area contributed by atoms with Gasteiger partial charge in [-0.15, -0.1) is 0 Å². The highest BCUT2D eigenvalue weighted by molar-refractivity contribution is 9.10. The summed E-state index contributed by atoms with van der Waals surface area (Å²) in [5, 5.41) is 4.77. The van der Waals surface area contributed by atoms with Crippen molar-refractivity contribution in [3.63, 3.8) is 0 Å². The zero-order chi connectivity index (χ0) is 13.9. The van der Waals surface area contributed by atoms with Gasteiger partial charge < -0.3 is 5.73 Å². The highest BCUT2D eigenvalue weighted by Crippen LogP contribution is 2.33. The molecule has 0 saturated heterocycles. The fraction of sp³-hybridized carbons (Fsp3) is 0.438. The third-order valence-corrected chi connectivity index (χ3v) is 4.78. The highest BCUT2D eigenvalue weighted by atomic mass is 79.9. The molecular weight excluding hydrogens is 314 g/mol. The molecule has 0 spiro atoms. The Balaban J connectivity index is 1.93. The van der Waals surface area contributed by atoms with Crippen LogP contribution in [0.2, 0.25) is 0 Å². The fourth-order valence-corrected chi connectivity index (χ4v) is 3.45. The molecular formula is C16H20BrN3. The number of anilines is 1. The summed E-state index contributed by atoms with van der Waals surface area (Å²) >= 11 is 3.58. The first-order valence-corrected chi connectivity index (χ1v) is 8.14. The highest BCUT2D eigenvalue weighted by Gasteiger charge is 2.18. The Bertz CT molecular complexity index is 583. The van der Waals surface area contributed by atoms with Gasteiger partial charge >= 0.3 is 0 Å². The van der Waals surface area contributed by atoms with Gasteiger partial charge in [-0.3, -0.25) is 4.68 Å². The first-order chi connectivity index (χ1) is 9.75. The van der Waals surface area contributed by atoms with Crippen LogP contribution in [0.3, 0.4) is 0 Å². The normalized spacial score (nSPS) is 17.1. The summed E-state index contributed by atoms with van der Waals surface area (Å²) in [4.78, 5) is 0. The Kier molecular flexibility index (Phi) is 4.10. The van der Waals surface area contributed by atoms with E-state index >= 15 is 0 Å². The predicted octanol–water partition coefficient (Wildman–Crippen LogP) is 4.79. The number of nitrogen functional groups attached to an aromatic ring is 1. The van der Waals surface area contributed by atoms with Gasteiger partial charge in [0, 0.05) is 16.2 Å². The van der Waals surface area contributed by atoms with Crippen molar-refractivity contribution in [2.75, 3.05) is 5.73 Å². The molecule has 1 fully saturated rings. The number of aromatic nitrogens is 2. The van der Waals surface area contributed by atoms with Crippen molar-refractivity contribution in [1.82, 2.24) is 9.78 Å². The van der Waals surface area contributed by atoms with E-state index in [-0.39, 0.29) is 0 Å². The van der Waals surface area contributed by atoms with E-state index in [4.69, 9.17) is 10.8 Å². The molecule has 3 rings (SSSR count). The smallest absolute Gasteiger partial charge is 0.116 e. The second-order valence-corrected chi connectivity index (χ2v) is 6.39. The number of nitrogens with two attached hydrogens (primary N) is 1. The van der Waals surface area contributed by atoms with Crippen LogP contribution in [0.1, 0.15) is 44.6 Å². The molecule has 0 bridgehead atoms. The summed E-state index contributed by atoms with van der Waals surface area (Å²) in [5.74, 6) is 0. The van der Waals surface area contributed by atoms with E-state index in [1.807, 2.05) is 24.4 Å². The molecule has 0 unspecified atom stereocenters. The zero-order valence-electron chi connectivity index (χ0n) is 11.6. The molecule has 1 heterocycles. The Morgan fingerprint density at radius 2 is 1.80 bits per heavy atom. The van der Waals surface area contributed by atoms with Crippen LogP contribution in [-0.4, -0.2) is 9.78 Å². The largest absolute Gasteiger partial charge is 0.396 e. The average molecular weight is 334 g/mol. The van der Waals surface area contributed by atoms with Crippen LogP contribution in [0.4, 0.5) is 5.69 Å². The third-order valence-electron chi connectivity index (χ3n) is 4.09. The predicted molar refractivity (Wildman–Crippen MR) is 86.5 cm³/mol. The summed E-state index contributed by atoms with van der Waals surface area (Å²) < 4.78 is 3.13. The van der Waals surface area contributed by atoms with E-state index in [1.54, 1.807) is 0 Å². The van der Waals surface area contributed by atoms with Crippen molar-refractivity contribution in [3.8, 4) is 11.3 Å². The maximum atomic E-state index is 6.18. The second-order valence-electron chi connectivity index (χ2n) is 5.54. The van der Waals surface area contributed by atoms with Gasteiger partial charge in [-0.25, -0.2) is 0 Å². The lowest BCUT2D eigenvalue weighted by Gasteiger charge is -2.14. The molecule has 4 heteroatoms. The maximum absolute atomic E-state index is 6.18. The van der Waals surface area contributed by atoms with Gasteiger partial charge in [0.05, 0.1) is 11.7 Å². The molecule has 1 saturated carbocycles. The van der Waals surface area contributed by atoms with Gasteiger partial charge in [0.15, 0.2) is 0 Å². The second kappa shape index (κ2) is 6.00. The summed E-state index contributed by atoms with van der Waals surface area (Å²) in [7, 11) is 0. The minimum absolute atomic E-state index is 0.510. The van der Waals surface area contributed by atoms with Crippen LogP contribution >= 0.6 is 15.9 Å². The molecule has 2 aromatic rings. The lowest BCUT2D eigenvalue weighted by molar-refractivity contribution is 0.406. The van der Waals surface area contributed by atoms with Crippen LogP contribution in [0.5, 0.6) is 0 Å². The molecule has 1 aromatic heterocycles. The number of hydrogen-bond donors (Lipinski definition) is 1. The lowest BCUT2D eigenvalue weighted by Crippen LogP contribution is -2.08. The number of hydrogen-bond acceptors (Lipinski definition) is 2. The van der Waals surface area contributed by atoms with Crippen molar-refractivity contribution in [3.05, 3.63) is 34.9 Å². The molecule has 0 aliphatic heterocycles. The van der Waals surface area contributed by atoms with E-state index in [2.05, 4.69) is 26.7 Å². The van der Waals surface area contributed by atoms with Gasteiger partial charge in [-0.2, -0.15) is 5.10 Å². The van der Waals surface area contributed by atoms with Gasteiger partial charge in [-0.05, 0) is 18.9 Å². The van der Waals surface area contributed by atoms with Gasteiger partial charge in [0.2, 0.25) is 0 Å². The van der Waals surface area contributed by atoms with Crippen LogP contribution in [0, 0.1) is 0 Å². The molecule has 3 nitrogen and oxygen atoms in total. The Hall–Kier alpha value is -1.29. The molecule has 2 N–H and O–H groups in total. The summed E-state index contributed by atoms with van der Waals surface area (Å²) in [5.41, 5.74) is 8.91. The fourth-order valence-electron chi connectivity index (χ4n) is 2.98. The summed E-state index contributed by atoms with van der Waals surface area (Å²) in [6.07, 6.45) is 9.75. The topological polar surface area (TPSA) is 43.8 Å². The van der Waals surface area contributed by atoms with Gasteiger partial charge in [0.25, 0.3) is 0 Å². The van der Waals surface area contributed by atoms with Crippen LogP contribution < -0.4 is 5.73 Å². The van der Waals surface area contributed by atoms with Crippen molar-refractivity contribution >= 4 is 21.6 Å². The van der Waals surface area contributed by atoms with E-state index in [1.165, 1.54) is 38.5 Å². The summed E-state index contributed by atoms with van der Waals surface area (Å²) in [6.45, 7) is 0. The van der Waals surface area contributed by atoms with Crippen LogP contribution in [0.15, 0.2) is 34.9 Å². The van der Waals surface area contributed by atoms with Crippen molar-refractivity contribution in [2.45, 2.75) is 44.6 Å². The molecule has 20 heavy (non-hydrogen) atoms. The van der Waals surface area contributed by atoms with Gasteiger partial charge in [0.1, 0.15) is 5.69 Å². The zero-order valence-corrected chi connectivity index (χ0v) is 13.1. The van der Waals surface area contributed by atoms with Crippen molar-refractivity contribution < 1.29 is 0 Å². The minimum Gasteiger partial charge on any atom is -0.396 e. The molecule has 1 aliphatic carbocycles. The molecule has 0 amide bonds. The number of benzene rings is 1. The molecule has 0 atom stereocenters. The van der Waals surface area contributed by atoms with Gasteiger partial charge in [-0.1, -0.05) is 59.8 Å². The first-order valence-electron chi connectivity index (χ1n) is 7.35. The Morgan fingerprint density at radius 1 is 1.10 bits per heavy atom. The molecule has 1 aromatic carbocycles. The van der Waals surface area contributed by atoms with E-state index in [9.17, 15) is 0 Å². The lowest BCUT2D eigenvalue weighted by atomic mass is 10.1. The molecule has 106 valence electrons. The van der Waals surface area contributed by atoms with Crippen molar-refractivity contribution in [2.24, 2.45) is 0 Å². The minimum atomic E-state index is 0.510. The van der Waals surface area contributed by atoms with E-state index in [0.29, 0.717) is 6.04 Å². The molecule has 0 radical (unpaired) electrons. The monoisotopic (exact) mass is 333 g/mol. The third kappa shape index (κ3) is 2.75. The standard InChI is InChI=1S/C16H20BrN3/c17-14-10-6-5-9-13(14)16-15(18)11-20(19-16)12-7-3-1-2-4-8-12/h5-6,9-12H,1-4,7-8,18H2. The maximum Gasteiger partial charge on any atom is 0.116 e. The number of halogens is 1. The quantitative estimate of drug-likeness (QED) is 0.803. The van der Waals surface area contributed by atoms with Crippen LogP contribution in [0.25, 0.3) is 11.3 Å². The van der Waals surface area contributed by atoms with E-state index < -0.39 is 0 Å². The Morgan fingerprint density at radius 3 is 2.50 bits per heavy atom. The number of nitrogens with zero attached hydrogens (tertiary/aromatic N) is 2. The number of rotatable bonds is 2. The van der Waals surface area contributed by atoms with Crippen molar-refractivity contribution in [1.29, 1.82) is 0 Å². The van der Waals surface area contributed by atoms with E-state index in [0.717, 1.165) is 21.4 Å². The first kappa shape index (κ1) is 13.7. The average Bonchev–Trinajstić information content (AvgIpc) is 2.67. The molecule has 1 aliphatic rings.